The van der Waals surface area contributed by atoms with Gasteiger partial charge < -0.3 is 33.6 Å². The van der Waals surface area contributed by atoms with Crippen molar-refractivity contribution in [3.8, 4) is 11.5 Å². The number of carbonyl (C=O) groups is 1. The first-order valence-corrected chi connectivity index (χ1v) is 11.9. The molecule has 1 N–H and O–H groups in total. The Bertz CT molecular complexity index is 1270. The van der Waals surface area contributed by atoms with Crippen LogP contribution >= 0.6 is 15.6 Å². The van der Waals surface area contributed by atoms with E-state index in [2.05, 4.69) is 8.83 Å². The molecule has 0 aliphatic carbocycles. The van der Waals surface area contributed by atoms with E-state index >= 15 is 0 Å². The molecule has 2 atom stereocenters. The summed E-state index contributed by atoms with van der Waals surface area (Å²) in [5.74, 6) is -0.905. The van der Waals surface area contributed by atoms with Crippen molar-refractivity contribution in [3.63, 3.8) is 0 Å². The van der Waals surface area contributed by atoms with Gasteiger partial charge >= 0.3 is 13.8 Å². The molecule has 0 saturated heterocycles. The third kappa shape index (κ3) is 4.20. The lowest BCUT2D eigenvalue weighted by Crippen LogP contribution is -2.29. The van der Waals surface area contributed by atoms with Gasteiger partial charge in [-0.25, -0.2) is 4.79 Å². The van der Waals surface area contributed by atoms with Gasteiger partial charge in [0, 0.05) is 16.7 Å². The maximum absolute atomic E-state index is 12.6. The summed E-state index contributed by atoms with van der Waals surface area (Å²) in [7, 11) is -11.3. The molecule has 3 aromatic carbocycles. The molecule has 0 saturated carbocycles. The van der Waals surface area contributed by atoms with Gasteiger partial charge in [-0.05, 0) is 30.3 Å². The van der Waals surface area contributed by atoms with E-state index in [1.807, 2.05) is 0 Å². The second-order valence-corrected chi connectivity index (χ2v) is 9.38. The number of esters is 1. The van der Waals surface area contributed by atoms with Crippen LogP contribution in [0.1, 0.15) is 27.0 Å². The van der Waals surface area contributed by atoms with E-state index < -0.39 is 27.2 Å². The molecule has 0 spiro atoms. The fraction of sp³-hybridized carbons (Fsp3) is 0.0500. The molecule has 0 radical (unpaired) electrons. The standard InChI is InChI=1S/C20H16O10P2/c21-15-9-5-13(6-10-15)20(18-4-2-1-3-17(18)19(22)28-20)14-7-11-16(12-8-14)29-32(26,27)30-31(23,24)25/h1-12,21H,(H,26,27)(H2,23,24,25)/p-3/t20-/m1/s1. The number of phenols is 1. The zero-order chi connectivity index (χ0) is 23.1. The van der Waals surface area contributed by atoms with Crippen LogP contribution in [0.25, 0.3) is 0 Å². The van der Waals surface area contributed by atoms with E-state index in [0.717, 1.165) is 0 Å². The Morgan fingerprint density at radius 3 is 2.00 bits per heavy atom. The fourth-order valence-electron chi connectivity index (χ4n) is 3.53. The fourth-order valence-corrected chi connectivity index (χ4v) is 5.02. The lowest BCUT2D eigenvalue weighted by atomic mass is 9.80. The number of phosphoric acid groups is 2. The van der Waals surface area contributed by atoms with Crippen LogP contribution in [0, 0.1) is 0 Å². The van der Waals surface area contributed by atoms with Crippen molar-refractivity contribution in [2.75, 3.05) is 0 Å². The monoisotopic (exact) mass is 475 g/mol. The molecule has 3 aromatic rings. The molecule has 1 aliphatic heterocycles. The summed E-state index contributed by atoms with van der Waals surface area (Å²) in [5.41, 5.74) is 0.380. The van der Waals surface area contributed by atoms with Crippen LogP contribution in [-0.2, 0) is 23.8 Å². The van der Waals surface area contributed by atoms with Gasteiger partial charge in [0.2, 0.25) is 0 Å². The number of hydrogen-bond donors (Lipinski definition) is 1. The molecule has 1 unspecified atom stereocenters. The summed E-state index contributed by atoms with van der Waals surface area (Å²) >= 11 is 0. The second-order valence-electron chi connectivity index (χ2n) is 6.75. The number of fused-ring (bicyclic) bond motifs is 1. The summed E-state index contributed by atoms with van der Waals surface area (Å²) in [4.78, 5) is 45.3. The van der Waals surface area contributed by atoms with Crippen LogP contribution in [0.3, 0.4) is 0 Å². The Hall–Kier alpha value is -2.97. The predicted octanol–water partition coefficient (Wildman–Crippen LogP) is 1.55. The van der Waals surface area contributed by atoms with Gasteiger partial charge in [0.05, 0.1) is 13.4 Å². The smallest absolute Gasteiger partial charge is 0.340 e. The van der Waals surface area contributed by atoms with Crippen LogP contribution in [0.5, 0.6) is 11.5 Å². The minimum atomic E-state index is -5.83. The van der Waals surface area contributed by atoms with Crippen molar-refractivity contribution in [2.24, 2.45) is 0 Å². The average Bonchev–Trinajstić information content (AvgIpc) is 3.01. The van der Waals surface area contributed by atoms with Gasteiger partial charge in [0.1, 0.15) is 11.5 Å². The Morgan fingerprint density at radius 2 is 1.41 bits per heavy atom. The van der Waals surface area contributed by atoms with Crippen molar-refractivity contribution < 1.29 is 47.3 Å². The topological polar surface area (TPSA) is 168 Å². The maximum Gasteiger partial charge on any atom is 0.340 e. The highest BCUT2D eigenvalue weighted by atomic mass is 31.3. The van der Waals surface area contributed by atoms with Crippen molar-refractivity contribution >= 4 is 21.6 Å². The average molecular weight is 475 g/mol. The molecule has 0 aromatic heterocycles. The highest BCUT2D eigenvalue weighted by Crippen LogP contribution is 2.51. The Balaban J connectivity index is 1.78. The lowest BCUT2D eigenvalue weighted by Gasteiger charge is -2.35. The normalized spacial score (nSPS) is 19.7. The Morgan fingerprint density at radius 1 is 0.844 bits per heavy atom. The van der Waals surface area contributed by atoms with Gasteiger partial charge in [0.15, 0.2) is 5.60 Å². The van der Waals surface area contributed by atoms with Crippen LogP contribution in [0.2, 0.25) is 0 Å². The maximum atomic E-state index is 12.6. The lowest BCUT2D eigenvalue weighted by molar-refractivity contribution is -0.339. The van der Waals surface area contributed by atoms with Crippen LogP contribution in [0.15, 0.2) is 72.8 Å². The number of phenolic OH excluding ortho intramolecular Hbond substituents is 1. The van der Waals surface area contributed by atoms with Crippen LogP contribution in [0.4, 0.5) is 0 Å². The number of phosphoric ester groups is 1. The van der Waals surface area contributed by atoms with Gasteiger partial charge in [0.25, 0.3) is 0 Å². The number of carbonyl (C=O) groups excluding carboxylic acids is 1. The Labute approximate surface area is 181 Å². The molecule has 32 heavy (non-hydrogen) atoms. The molecular formula is C20H13O10P2-3. The van der Waals surface area contributed by atoms with Crippen molar-refractivity contribution in [1.82, 2.24) is 0 Å². The number of ether oxygens (including phenoxy) is 1. The second kappa shape index (κ2) is 7.86. The van der Waals surface area contributed by atoms with Crippen molar-refractivity contribution in [2.45, 2.75) is 5.60 Å². The van der Waals surface area contributed by atoms with E-state index in [1.165, 1.54) is 36.4 Å². The third-order valence-corrected chi connectivity index (χ3v) is 6.76. The molecule has 1 aliphatic rings. The van der Waals surface area contributed by atoms with Crippen LogP contribution in [-0.4, -0.2) is 11.1 Å². The summed E-state index contributed by atoms with van der Waals surface area (Å²) in [6, 6.07) is 17.9. The molecule has 12 heteroatoms. The summed E-state index contributed by atoms with van der Waals surface area (Å²) in [5, 5.41) is 9.67. The first-order chi connectivity index (χ1) is 15.0. The van der Waals surface area contributed by atoms with E-state index in [0.29, 0.717) is 22.3 Å². The number of benzene rings is 3. The van der Waals surface area contributed by atoms with E-state index in [9.17, 15) is 33.7 Å². The number of aromatic hydroxyl groups is 1. The summed E-state index contributed by atoms with van der Waals surface area (Å²) in [6.07, 6.45) is 0. The number of rotatable bonds is 6. The van der Waals surface area contributed by atoms with Gasteiger partial charge in [-0.15, -0.1) is 0 Å². The molecule has 10 nitrogen and oxygen atoms in total. The highest BCUT2D eigenvalue weighted by Gasteiger charge is 2.48. The number of hydrogen-bond acceptors (Lipinski definition) is 10. The number of cyclic esters (lactones) is 1. The molecule has 1 heterocycles. The van der Waals surface area contributed by atoms with E-state index in [1.54, 1.807) is 36.4 Å². The molecule has 0 amide bonds. The first-order valence-electron chi connectivity index (χ1n) is 8.97. The van der Waals surface area contributed by atoms with E-state index in [-0.39, 0.29) is 11.5 Å². The minimum Gasteiger partial charge on any atom is -0.789 e. The molecule has 166 valence electrons. The quantitative estimate of drug-likeness (QED) is 0.408. The SMILES string of the molecule is O=C1O[C@](c2ccc(O)cc2)(c2ccc(OP(=O)([O-])OP(=O)([O-])[O-])cc2)c2ccccc21. The first kappa shape index (κ1) is 22.2. The summed E-state index contributed by atoms with van der Waals surface area (Å²) in [6.45, 7) is 0. The van der Waals surface area contributed by atoms with Crippen molar-refractivity contribution in [3.05, 3.63) is 95.1 Å². The van der Waals surface area contributed by atoms with Gasteiger partial charge in [-0.3, -0.25) is 8.88 Å². The Kier molecular flexibility index (Phi) is 5.46. The zero-order valence-electron chi connectivity index (χ0n) is 15.9. The molecule has 0 bridgehead atoms. The summed E-state index contributed by atoms with van der Waals surface area (Å²) < 4.78 is 35.9. The van der Waals surface area contributed by atoms with Crippen LogP contribution < -0.4 is 19.2 Å². The molecule has 4 rings (SSSR count). The molecular weight excluding hydrogens is 462 g/mol. The predicted molar refractivity (Wildman–Crippen MR) is 103 cm³/mol. The molecule has 0 fully saturated rings. The zero-order valence-corrected chi connectivity index (χ0v) is 17.7. The van der Waals surface area contributed by atoms with Gasteiger partial charge in [-0.1, -0.05) is 42.5 Å². The largest absolute Gasteiger partial charge is 0.789 e. The highest BCUT2D eigenvalue weighted by molar-refractivity contribution is 7.58. The van der Waals surface area contributed by atoms with Crippen molar-refractivity contribution in [1.29, 1.82) is 0 Å². The van der Waals surface area contributed by atoms with Gasteiger partial charge in [-0.2, -0.15) is 0 Å². The minimum absolute atomic E-state index is 0.00508. The third-order valence-electron chi connectivity index (χ3n) is 4.72. The van der Waals surface area contributed by atoms with E-state index in [4.69, 9.17) is 4.74 Å².